The molecule has 43 nitrogen and oxygen atoms in total. The Morgan fingerprint density at radius 3 is 1.65 bits per heavy atom. The second kappa shape index (κ2) is 45.6. The number of hydrogen-bond donors (Lipinski definition) is 21. The Morgan fingerprint density at radius 1 is 0.554 bits per heavy atom. The maximum Gasteiger partial charge on any atom is 0.407 e. The van der Waals surface area contributed by atoms with E-state index in [2.05, 4.69) is 47.9 Å². The number of para-hydroxylation sites is 1. The molecule has 43 heteroatoms. The molecule has 1 saturated heterocycles. The number of aliphatic hydroxyl groups excluding tert-OH is 1. The standard InChI is InChI=1S/C69H90N16O27/c1-33(23-52(91)92)56-67(108)83-46(24-48(87)38-17-10-11-18-39(38)70)68(109)112-35(3)57(85-64(105)45(28-55(97)98)82-63(104)42(25-49(72)88)80-59(100)40(71)21-20-36-13-6-4-7-14-36)66(107)75-30-50(89)77-41(19-12-22-73-69(110)111-32-37-15-8-5-9-16-37)61(102)81-44(27-54(95)96)62(103)76-34(2)58(99)79-43(26-53(93)94)60(101)74-29-51(90)78-47(31-86)65(106)84-56/h4-11,13-18,33-35,40-47,56-57,86H,12,19-32,70-71H2,1-3H3,(H2,72,88)(H,73,110)(H,74,101)(H,75,107)(H,76,103)(H,77,89)(H,78,90)(H,79,99)(H,80,100)(H,81,102)(H,82,104)(H,83,108)(H,84,106)(H,85,105)(H,91,92)(H,93,94)(H,95,96)(H,97,98)/t33-,34-,35-,40+,41+,42-,43+,44+,45+,46+,47-,56+,57+/m1/s1. The molecule has 14 amide bonds. The van der Waals surface area contributed by atoms with E-state index in [-0.39, 0.29) is 43.7 Å². The molecule has 1 heterocycles. The highest BCUT2D eigenvalue weighted by atomic mass is 16.6. The highest BCUT2D eigenvalue weighted by Crippen LogP contribution is 2.18. The summed E-state index contributed by atoms with van der Waals surface area (Å²) in [6, 6.07) is -0.548. The van der Waals surface area contributed by atoms with E-state index < -0.39 is 262 Å². The fourth-order valence-electron chi connectivity index (χ4n) is 10.5. The van der Waals surface area contributed by atoms with Gasteiger partial charge in [0.2, 0.25) is 76.8 Å². The zero-order valence-electron chi connectivity index (χ0n) is 60.6. The molecule has 0 aliphatic carbocycles. The number of esters is 1. The van der Waals surface area contributed by atoms with Crippen molar-refractivity contribution < 1.29 is 131 Å². The van der Waals surface area contributed by atoms with Crippen LogP contribution < -0.4 is 86.3 Å². The predicted octanol–water partition coefficient (Wildman–Crippen LogP) is -7.04. The Morgan fingerprint density at radius 2 is 1.07 bits per heavy atom. The molecule has 0 radical (unpaired) electrons. The van der Waals surface area contributed by atoms with Crippen LogP contribution in [0.4, 0.5) is 10.5 Å². The molecule has 1 aliphatic rings. The van der Waals surface area contributed by atoms with Gasteiger partial charge >= 0.3 is 35.9 Å². The molecule has 1 fully saturated rings. The summed E-state index contributed by atoms with van der Waals surface area (Å²) in [5.74, 6) is -29.4. The maximum absolute atomic E-state index is 14.8. The lowest BCUT2D eigenvalue weighted by Crippen LogP contribution is -2.61. The average molecular weight is 1580 g/mol. The highest BCUT2D eigenvalue weighted by molar-refractivity contribution is 6.05. The third kappa shape index (κ3) is 31.9. The van der Waals surface area contributed by atoms with Crippen LogP contribution in [-0.4, -0.2) is 243 Å². The quantitative estimate of drug-likeness (QED) is 0.0128. The second-order valence-electron chi connectivity index (χ2n) is 25.5. The van der Waals surface area contributed by atoms with Crippen LogP contribution in [0.15, 0.2) is 84.9 Å². The zero-order valence-corrected chi connectivity index (χ0v) is 60.6. The van der Waals surface area contributed by atoms with Crippen LogP contribution in [0.3, 0.4) is 0 Å². The van der Waals surface area contributed by atoms with Crippen molar-refractivity contribution in [2.75, 3.05) is 32.0 Å². The van der Waals surface area contributed by atoms with Gasteiger partial charge in [0, 0.05) is 24.2 Å². The molecular formula is C69H90N16O27. The number of rotatable bonds is 30. The normalized spacial score (nSPS) is 21.3. The van der Waals surface area contributed by atoms with Gasteiger partial charge in [0.15, 0.2) is 5.78 Å². The summed E-state index contributed by atoms with van der Waals surface area (Å²) in [5.41, 5.74) is 18.5. The minimum atomic E-state index is -2.46. The van der Waals surface area contributed by atoms with Crippen molar-refractivity contribution in [3.8, 4) is 0 Å². The summed E-state index contributed by atoms with van der Waals surface area (Å²) in [6.45, 7) is -1.40. The third-order valence-electron chi connectivity index (χ3n) is 16.5. The van der Waals surface area contributed by atoms with Crippen LogP contribution in [0.2, 0.25) is 0 Å². The van der Waals surface area contributed by atoms with Gasteiger partial charge in [0.25, 0.3) is 0 Å². The number of amides is 14. The molecule has 0 spiro atoms. The number of nitrogens with two attached hydrogens (primary N) is 3. The SMILES string of the molecule is C[C@H](CC(=O)O)[C@@H]1NC(=O)[C@@H](CO)NC(=O)CNC(=O)[C@H](CC(=O)O)NC(=O)[C@@H](C)NC(=O)[C@H](CC(=O)O)NC(=O)[C@H](CCCNC(=O)OCc2ccccc2)NC(=O)CNC(=O)[C@@H](NC(=O)[C@H](CC(=O)O)NC(=O)[C@@H](CC(N)=O)NC(=O)[C@@H](N)CCc2ccccc2)[C@@H](C)OC(=O)[C@H](CC(=O)c2ccccc2N)NC1=O. The number of benzene rings is 3. The van der Waals surface area contributed by atoms with Gasteiger partial charge in [-0.1, -0.05) is 79.7 Å². The summed E-state index contributed by atoms with van der Waals surface area (Å²) in [6.07, 6.45) is -10.7. The number of aliphatic hydroxyl groups is 1. The smallest absolute Gasteiger partial charge is 0.407 e. The van der Waals surface area contributed by atoms with E-state index >= 15 is 0 Å². The fraction of sp³-hybridized carbons (Fsp3) is 0.449. The average Bonchev–Trinajstić information content (AvgIpc) is 0.844. The Kier molecular flexibility index (Phi) is 37.1. The molecule has 3 aromatic rings. The highest BCUT2D eigenvalue weighted by Gasteiger charge is 2.41. The topological polar surface area (TPSA) is 695 Å². The van der Waals surface area contributed by atoms with Gasteiger partial charge in [-0.2, -0.15) is 0 Å². The first kappa shape index (κ1) is 91.2. The van der Waals surface area contributed by atoms with E-state index in [4.69, 9.17) is 26.7 Å². The molecule has 0 saturated carbocycles. The van der Waals surface area contributed by atoms with Gasteiger partial charge < -0.3 is 121 Å². The summed E-state index contributed by atoms with van der Waals surface area (Å²) >= 11 is 0. The number of Topliss-reactive ketones (excluding diaryl/α,β-unsaturated/α-hetero) is 1. The number of nitrogens with one attached hydrogen (secondary N) is 13. The number of carbonyl (C=O) groups is 20. The fourth-order valence-corrected chi connectivity index (χ4v) is 10.5. The van der Waals surface area contributed by atoms with Crippen molar-refractivity contribution in [1.29, 1.82) is 0 Å². The lowest BCUT2D eigenvalue weighted by atomic mass is 9.96. The van der Waals surface area contributed by atoms with Crippen molar-refractivity contribution in [3.63, 3.8) is 0 Å². The van der Waals surface area contributed by atoms with Crippen molar-refractivity contribution in [2.24, 2.45) is 17.4 Å². The molecule has 608 valence electrons. The lowest BCUT2D eigenvalue weighted by Gasteiger charge is -2.30. The van der Waals surface area contributed by atoms with E-state index in [0.29, 0.717) is 5.56 Å². The van der Waals surface area contributed by atoms with Crippen molar-refractivity contribution in [3.05, 3.63) is 102 Å². The number of carboxylic acid groups (broad SMARTS) is 4. The first-order valence-electron chi connectivity index (χ1n) is 34.5. The van der Waals surface area contributed by atoms with Crippen LogP contribution in [-0.2, 0) is 109 Å². The number of cyclic esters (lactones) is 1. The summed E-state index contributed by atoms with van der Waals surface area (Å²) in [7, 11) is 0. The number of nitrogen functional groups attached to an aromatic ring is 1. The van der Waals surface area contributed by atoms with E-state index in [1.54, 1.807) is 60.7 Å². The lowest BCUT2D eigenvalue weighted by molar-refractivity contribution is -0.156. The van der Waals surface area contributed by atoms with Crippen molar-refractivity contribution in [2.45, 2.75) is 164 Å². The van der Waals surface area contributed by atoms with E-state index in [9.17, 15) is 121 Å². The van der Waals surface area contributed by atoms with Crippen molar-refractivity contribution >= 4 is 124 Å². The van der Waals surface area contributed by atoms with Crippen LogP contribution >= 0.6 is 0 Å². The van der Waals surface area contributed by atoms with Crippen LogP contribution in [0.25, 0.3) is 0 Å². The maximum atomic E-state index is 14.8. The van der Waals surface area contributed by atoms with Gasteiger partial charge in [-0.15, -0.1) is 0 Å². The first-order chi connectivity index (χ1) is 52.8. The third-order valence-corrected chi connectivity index (χ3v) is 16.5. The van der Waals surface area contributed by atoms with Crippen LogP contribution in [0.1, 0.15) is 100 Å². The molecule has 112 heavy (non-hydrogen) atoms. The monoisotopic (exact) mass is 1570 g/mol. The number of anilines is 1. The number of aliphatic carboxylic acids is 4. The number of alkyl carbamates (subject to hydrolysis) is 1. The first-order valence-corrected chi connectivity index (χ1v) is 34.5. The molecule has 4 rings (SSSR count). The molecule has 0 unspecified atom stereocenters. The molecule has 1 aliphatic heterocycles. The number of ether oxygens (including phenoxy) is 2. The van der Waals surface area contributed by atoms with E-state index in [0.717, 1.165) is 26.3 Å². The largest absolute Gasteiger partial charge is 0.481 e. The number of carboxylic acids is 4. The van der Waals surface area contributed by atoms with Crippen LogP contribution in [0, 0.1) is 5.92 Å². The Labute approximate surface area is 637 Å². The van der Waals surface area contributed by atoms with Gasteiger partial charge in [-0.3, -0.25) is 86.3 Å². The molecule has 24 N–H and O–H groups in total. The molecule has 13 atom stereocenters. The number of ketones is 1. The Hall–Kier alpha value is -13.2. The van der Waals surface area contributed by atoms with E-state index in [1.165, 1.54) is 24.3 Å². The Bertz CT molecular complexity index is 3950. The Balaban J connectivity index is 1.89. The van der Waals surface area contributed by atoms with E-state index in [1.807, 2.05) is 21.3 Å². The minimum absolute atomic E-state index is 0.0180. The van der Waals surface area contributed by atoms with Gasteiger partial charge in [-0.05, 0) is 68.7 Å². The number of aryl methyl sites for hydroxylation is 1. The van der Waals surface area contributed by atoms with Gasteiger partial charge in [0.05, 0.1) is 57.8 Å². The van der Waals surface area contributed by atoms with Gasteiger partial charge in [0.1, 0.15) is 73.1 Å². The predicted molar refractivity (Wildman–Crippen MR) is 382 cm³/mol. The number of hydrogen-bond acceptors (Lipinski definition) is 25. The number of carbonyl (C=O) groups excluding carboxylic acids is 16. The molecule has 3 aromatic carbocycles. The summed E-state index contributed by atoms with van der Waals surface area (Å²) < 4.78 is 10.9. The minimum Gasteiger partial charge on any atom is -0.481 e. The molecular weight excluding hydrogens is 1480 g/mol. The second-order valence-corrected chi connectivity index (χ2v) is 25.5. The summed E-state index contributed by atoms with van der Waals surface area (Å²) in [4.78, 5) is 271. The van der Waals surface area contributed by atoms with Crippen molar-refractivity contribution in [1.82, 2.24) is 69.1 Å². The zero-order chi connectivity index (χ0) is 83.5. The number of primary amides is 1. The summed E-state index contributed by atoms with van der Waals surface area (Å²) in [5, 5.41) is 77.4. The van der Waals surface area contributed by atoms with Crippen LogP contribution in [0.5, 0.6) is 0 Å². The molecule has 0 aromatic heterocycles. The molecule has 0 bridgehead atoms. The van der Waals surface area contributed by atoms with Gasteiger partial charge in [-0.25, -0.2) is 9.59 Å².